The number of carbonyl (C=O) groups excluding carboxylic acids is 2. The van der Waals surface area contributed by atoms with Gasteiger partial charge in [0.1, 0.15) is 0 Å². The molecule has 2 amide bonds. The van der Waals surface area contributed by atoms with Crippen molar-refractivity contribution in [2.75, 3.05) is 26.0 Å². The zero-order valence-corrected chi connectivity index (χ0v) is 17.7. The predicted molar refractivity (Wildman–Crippen MR) is 112 cm³/mol. The largest absolute Gasteiger partial charge is 0.345 e. The molecule has 0 unspecified atom stereocenters. The Labute approximate surface area is 165 Å². The highest BCUT2D eigenvalue weighted by molar-refractivity contribution is 7.12. The van der Waals surface area contributed by atoms with Gasteiger partial charge in [0.05, 0.1) is 6.54 Å². The van der Waals surface area contributed by atoms with Gasteiger partial charge in [0.2, 0.25) is 5.91 Å². The molecule has 6 heteroatoms. The number of thiophene rings is 1. The lowest BCUT2D eigenvalue weighted by Gasteiger charge is -2.22. The van der Waals surface area contributed by atoms with E-state index in [1.165, 1.54) is 20.2 Å². The first-order chi connectivity index (χ1) is 12.7. The van der Waals surface area contributed by atoms with Gasteiger partial charge in [-0.1, -0.05) is 19.9 Å². The average molecular weight is 388 g/mol. The number of amides is 2. The Bertz CT molecular complexity index is 812. The molecular weight excluding hydrogens is 358 g/mol. The molecule has 2 N–H and O–H groups in total. The van der Waals surface area contributed by atoms with Crippen molar-refractivity contribution >= 4 is 28.8 Å². The number of hydrogen-bond donors (Lipinski definition) is 2. The molecule has 1 atom stereocenters. The third-order valence-corrected chi connectivity index (χ3v) is 5.34. The van der Waals surface area contributed by atoms with E-state index in [2.05, 4.69) is 44.4 Å². The number of carbonyl (C=O) groups is 2. The number of nitrogens with zero attached hydrogens (tertiary/aromatic N) is 1. The molecule has 146 valence electrons. The van der Waals surface area contributed by atoms with Crippen LogP contribution in [0.2, 0.25) is 0 Å². The summed E-state index contributed by atoms with van der Waals surface area (Å²) in [6.45, 7) is 8.74. The Balaban J connectivity index is 2.02. The van der Waals surface area contributed by atoms with E-state index in [-0.39, 0.29) is 24.4 Å². The summed E-state index contributed by atoms with van der Waals surface area (Å²) in [4.78, 5) is 28.6. The highest BCUT2D eigenvalue weighted by atomic mass is 32.1. The van der Waals surface area contributed by atoms with Crippen molar-refractivity contribution in [3.05, 3.63) is 51.2 Å². The van der Waals surface area contributed by atoms with Crippen LogP contribution in [0.4, 0.5) is 5.69 Å². The van der Waals surface area contributed by atoms with Gasteiger partial charge in [0.25, 0.3) is 5.91 Å². The van der Waals surface area contributed by atoms with Gasteiger partial charge >= 0.3 is 0 Å². The SMILES string of the molecule is Cc1cc([C@@H](NCC(=O)Nc2cccc(C(=O)N(C)C)c2)C(C)C)c(C)s1. The number of anilines is 1. The molecule has 27 heavy (non-hydrogen) atoms. The van der Waals surface area contributed by atoms with Gasteiger partial charge in [-0.05, 0) is 49.6 Å². The van der Waals surface area contributed by atoms with Crippen LogP contribution in [0.1, 0.15) is 45.6 Å². The monoisotopic (exact) mass is 387 g/mol. The van der Waals surface area contributed by atoms with E-state index in [0.29, 0.717) is 17.2 Å². The first-order valence-electron chi connectivity index (χ1n) is 9.11. The Hall–Kier alpha value is -2.18. The fourth-order valence-electron chi connectivity index (χ4n) is 3.06. The molecule has 0 saturated carbocycles. The van der Waals surface area contributed by atoms with E-state index in [1.54, 1.807) is 49.7 Å². The number of nitrogens with one attached hydrogen (secondary N) is 2. The summed E-state index contributed by atoms with van der Waals surface area (Å²) in [5, 5.41) is 6.26. The van der Waals surface area contributed by atoms with Gasteiger partial charge in [-0.3, -0.25) is 9.59 Å². The predicted octanol–water partition coefficient (Wildman–Crippen LogP) is 3.99. The second kappa shape index (κ2) is 9.15. The number of aryl methyl sites for hydroxylation is 2. The molecule has 2 rings (SSSR count). The Morgan fingerprint density at radius 2 is 1.85 bits per heavy atom. The first kappa shape index (κ1) is 21.1. The molecule has 0 radical (unpaired) electrons. The van der Waals surface area contributed by atoms with Crippen LogP contribution in [-0.2, 0) is 4.79 Å². The van der Waals surface area contributed by atoms with Gasteiger partial charge < -0.3 is 15.5 Å². The van der Waals surface area contributed by atoms with Gasteiger partial charge in [0, 0.05) is 41.1 Å². The van der Waals surface area contributed by atoms with Crippen LogP contribution < -0.4 is 10.6 Å². The van der Waals surface area contributed by atoms with Crippen LogP contribution in [-0.4, -0.2) is 37.4 Å². The second-order valence-corrected chi connectivity index (χ2v) is 8.76. The summed E-state index contributed by atoms with van der Waals surface area (Å²) < 4.78 is 0. The van der Waals surface area contributed by atoms with Crippen molar-refractivity contribution in [2.24, 2.45) is 5.92 Å². The second-order valence-electron chi connectivity index (χ2n) is 7.30. The Morgan fingerprint density at radius 3 is 2.41 bits per heavy atom. The van der Waals surface area contributed by atoms with Crippen molar-refractivity contribution in [2.45, 2.75) is 33.7 Å². The Kier molecular flexibility index (Phi) is 7.16. The maximum Gasteiger partial charge on any atom is 0.253 e. The van der Waals surface area contributed by atoms with Crippen molar-refractivity contribution in [3.63, 3.8) is 0 Å². The fourth-order valence-corrected chi connectivity index (χ4v) is 4.03. The Morgan fingerprint density at radius 1 is 1.15 bits per heavy atom. The van der Waals surface area contributed by atoms with E-state index in [0.717, 1.165) is 0 Å². The smallest absolute Gasteiger partial charge is 0.253 e. The van der Waals surface area contributed by atoms with Gasteiger partial charge in [0.15, 0.2) is 0 Å². The lowest BCUT2D eigenvalue weighted by atomic mass is 9.96. The van der Waals surface area contributed by atoms with Gasteiger partial charge in [-0.2, -0.15) is 0 Å². The van der Waals surface area contributed by atoms with Crippen LogP contribution in [0.15, 0.2) is 30.3 Å². The molecule has 0 aliphatic rings. The summed E-state index contributed by atoms with van der Waals surface area (Å²) in [5.41, 5.74) is 2.44. The average Bonchev–Trinajstić information content (AvgIpc) is 2.92. The van der Waals surface area contributed by atoms with Crippen molar-refractivity contribution in [3.8, 4) is 0 Å². The third-order valence-electron chi connectivity index (χ3n) is 4.36. The highest BCUT2D eigenvalue weighted by Crippen LogP contribution is 2.30. The standard InChI is InChI=1S/C21H29N3O2S/c1-13(2)20(18-10-14(3)27-15(18)4)22-12-19(25)23-17-9-7-8-16(11-17)21(26)24(5)6/h7-11,13,20,22H,12H2,1-6H3,(H,23,25)/t20-/m0/s1. The van der Waals surface area contributed by atoms with E-state index in [9.17, 15) is 9.59 Å². The van der Waals surface area contributed by atoms with Gasteiger partial charge in [-0.25, -0.2) is 0 Å². The van der Waals surface area contributed by atoms with Crippen LogP contribution in [0.5, 0.6) is 0 Å². The zero-order valence-electron chi connectivity index (χ0n) is 16.9. The summed E-state index contributed by atoms with van der Waals surface area (Å²) >= 11 is 1.78. The van der Waals surface area contributed by atoms with E-state index in [4.69, 9.17) is 0 Å². The molecule has 5 nitrogen and oxygen atoms in total. The number of benzene rings is 1. The van der Waals surface area contributed by atoms with E-state index in [1.807, 2.05) is 0 Å². The lowest BCUT2D eigenvalue weighted by molar-refractivity contribution is -0.115. The first-order valence-corrected chi connectivity index (χ1v) is 9.92. The summed E-state index contributed by atoms with van der Waals surface area (Å²) in [6.07, 6.45) is 0. The molecular formula is C21H29N3O2S. The van der Waals surface area contributed by atoms with Crippen LogP contribution in [0.25, 0.3) is 0 Å². The molecule has 0 saturated heterocycles. The maximum atomic E-state index is 12.4. The number of rotatable bonds is 7. The van der Waals surface area contributed by atoms with Crippen LogP contribution in [0, 0.1) is 19.8 Å². The molecule has 0 fully saturated rings. The van der Waals surface area contributed by atoms with E-state index >= 15 is 0 Å². The minimum atomic E-state index is -0.125. The molecule has 0 spiro atoms. The minimum absolute atomic E-state index is 0.0904. The molecule has 2 aromatic rings. The summed E-state index contributed by atoms with van der Waals surface area (Å²) in [7, 11) is 3.41. The zero-order chi connectivity index (χ0) is 20.1. The molecule has 0 aliphatic carbocycles. The molecule has 1 aromatic carbocycles. The molecule has 1 heterocycles. The van der Waals surface area contributed by atoms with Crippen molar-refractivity contribution < 1.29 is 9.59 Å². The molecule has 1 aromatic heterocycles. The number of hydrogen-bond acceptors (Lipinski definition) is 4. The summed E-state index contributed by atoms with van der Waals surface area (Å²) in [6, 6.07) is 9.33. The fraction of sp³-hybridized carbons (Fsp3) is 0.429. The van der Waals surface area contributed by atoms with Crippen molar-refractivity contribution in [1.29, 1.82) is 0 Å². The maximum absolute atomic E-state index is 12.4. The lowest BCUT2D eigenvalue weighted by Crippen LogP contribution is -2.33. The van der Waals surface area contributed by atoms with E-state index < -0.39 is 0 Å². The highest BCUT2D eigenvalue weighted by Gasteiger charge is 2.20. The third kappa shape index (κ3) is 5.65. The molecule has 0 aliphatic heterocycles. The van der Waals surface area contributed by atoms with Crippen LogP contribution in [0.3, 0.4) is 0 Å². The van der Waals surface area contributed by atoms with Crippen molar-refractivity contribution in [1.82, 2.24) is 10.2 Å². The summed E-state index contributed by atoms with van der Waals surface area (Å²) in [5.74, 6) is 0.152. The quantitative estimate of drug-likeness (QED) is 0.755. The molecule has 0 bridgehead atoms. The van der Waals surface area contributed by atoms with Gasteiger partial charge in [-0.15, -0.1) is 11.3 Å². The minimum Gasteiger partial charge on any atom is -0.345 e. The van der Waals surface area contributed by atoms with Crippen LogP contribution >= 0.6 is 11.3 Å². The topological polar surface area (TPSA) is 61.4 Å². The normalized spacial score (nSPS) is 12.1.